The summed E-state index contributed by atoms with van der Waals surface area (Å²) in [6.07, 6.45) is -0.245. The van der Waals surface area contributed by atoms with Crippen LogP contribution in [0.4, 0.5) is 5.69 Å². The molecule has 0 aliphatic carbocycles. The number of Topliss-reactive ketones (excluding diaryl/α,β-unsaturated/α-hetero) is 1. The molecule has 0 bridgehead atoms. The Morgan fingerprint density at radius 1 is 1.00 bits per heavy atom. The minimum atomic E-state index is -0.643. The van der Waals surface area contributed by atoms with Crippen molar-refractivity contribution in [3.05, 3.63) is 58.1 Å². The minimum absolute atomic E-state index is 0.0908. The predicted molar refractivity (Wildman–Crippen MR) is 103 cm³/mol. The Morgan fingerprint density at radius 3 is 2.48 bits per heavy atom. The number of anilines is 1. The molecule has 8 heteroatoms. The van der Waals surface area contributed by atoms with Gasteiger partial charge in [-0.15, -0.1) is 0 Å². The fraction of sp³-hybridized carbons (Fsp3) is 0.211. The lowest BCUT2D eigenvalue weighted by Gasteiger charge is -2.07. The summed E-state index contributed by atoms with van der Waals surface area (Å²) >= 11 is 11.7. The first-order chi connectivity index (χ1) is 12.9. The maximum Gasteiger partial charge on any atom is 0.306 e. The average molecular weight is 410 g/mol. The van der Waals surface area contributed by atoms with E-state index < -0.39 is 12.6 Å². The van der Waals surface area contributed by atoms with Gasteiger partial charge in [0.1, 0.15) is 5.75 Å². The number of benzene rings is 2. The van der Waals surface area contributed by atoms with Crippen LogP contribution in [-0.4, -0.2) is 31.4 Å². The Morgan fingerprint density at radius 2 is 1.78 bits per heavy atom. The summed E-state index contributed by atoms with van der Waals surface area (Å²) in [5.74, 6) is -0.853. The number of rotatable bonds is 8. The van der Waals surface area contributed by atoms with E-state index >= 15 is 0 Å². The molecular weight excluding hydrogens is 393 g/mol. The van der Waals surface area contributed by atoms with Gasteiger partial charge >= 0.3 is 5.97 Å². The molecule has 0 spiro atoms. The molecule has 0 saturated carbocycles. The Labute approximate surface area is 166 Å². The van der Waals surface area contributed by atoms with E-state index in [1.54, 1.807) is 36.4 Å². The number of methoxy groups -OCH3 is 1. The first-order valence-corrected chi connectivity index (χ1v) is 8.72. The van der Waals surface area contributed by atoms with Crippen molar-refractivity contribution in [2.45, 2.75) is 12.8 Å². The SMILES string of the molecule is COc1cccc(C(=O)COC(=O)CCC(=O)Nc2ccc(Cl)c(Cl)c2)c1. The summed E-state index contributed by atoms with van der Waals surface area (Å²) in [6.45, 7) is -0.402. The van der Waals surface area contributed by atoms with E-state index in [2.05, 4.69) is 5.32 Å². The first-order valence-electron chi connectivity index (χ1n) is 7.97. The van der Waals surface area contributed by atoms with E-state index in [0.717, 1.165) is 0 Å². The fourth-order valence-electron chi connectivity index (χ4n) is 2.11. The van der Waals surface area contributed by atoms with Gasteiger partial charge in [-0.2, -0.15) is 0 Å². The monoisotopic (exact) mass is 409 g/mol. The maximum atomic E-state index is 12.0. The maximum absolute atomic E-state index is 12.0. The number of hydrogen-bond donors (Lipinski definition) is 1. The van der Waals surface area contributed by atoms with Crippen LogP contribution in [0.2, 0.25) is 10.0 Å². The van der Waals surface area contributed by atoms with Crippen molar-refractivity contribution in [2.75, 3.05) is 19.0 Å². The van der Waals surface area contributed by atoms with E-state index in [0.29, 0.717) is 27.0 Å². The molecule has 2 rings (SSSR count). The largest absolute Gasteiger partial charge is 0.497 e. The molecule has 2 aromatic rings. The molecule has 142 valence electrons. The van der Waals surface area contributed by atoms with Crippen molar-refractivity contribution >= 4 is 46.5 Å². The standard InChI is InChI=1S/C19H17Cl2NO5/c1-26-14-4-2-3-12(9-14)17(23)11-27-19(25)8-7-18(24)22-13-5-6-15(20)16(21)10-13/h2-6,9-10H,7-8,11H2,1H3,(H,22,24). The number of carbonyl (C=O) groups is 3. The molecule has 0 unspecified atom stereocenters. The molecule has 0 aliphatic rings. The van der Waals surface area contributed by atoms with Gasteiger partial charge in [0, 0.05) is 17.7 Å². The number of ketones is 1. The number of hydrogen-bond acceptors (Lipinski definition) is 5. The molecule has 2 aromatic carbocycles. The summed E-state index contributed by atoms with van der Waals surface area (Å²) in [5, 5.41) is 3.28. The van der Waals surface area contributed by atoms with Crippen molar-refractivity contribution in [2.24, 2.45) is 0 Å². The van der Waals surface area contributed by atoms with Gasteiger partial charge in [0.15, 0.2) is 12.4 Å². The number of amides is 1. The van der Waals surface area contributed by atoms with Crippen LogP contribution in [0.5, 0.6) is 5.75 Å². The molecule has 0 atom stereocenters. The predicted octanol–water partition coefficient (Wildman–Crippen LogP) is 4.15. The second kappa shape index (κ2) is 9.94. The third-order valence-corrected chi connectivity index (χ3v) is 4.25. The normalized spacial score (nSPS) is 10.2. The molecule has 0 aromatic heterocycles. The Bertz CT molecular complexity index is 854. The van der Waals surface area contributed by atoms with Gasteiger partial charge in [0.2, 0.25) is 5.91 Å². The average Bonchev–Trinajstić information content (AvgIpc) is 2.67. The number of esters is 1. The van der Waals surface area contributed by atoms with Crippen molar-refractivity contribution in [1.29, 1.82) is 0 Å². The highest BCUT2D eigenvalue weighted by atomic mass is 35.5. The van der Waals surface area contributed by atoms with Crippen molar-refractivity contribution in [3.8, 4) is 5.75 Å². The van der Waals surface area contributed by atoms with Crippen molar-refractivity contribution in [1.82, 2.24) is 0 Å². The molecule has 0 radical (unpaired) electrons. The molecule has 6 nitrogen and oxygen atoms in total. The molecule has 1 N–H and O–H groups in total. The van der Waals surface area contributed by atoms with Crippen LogP contribution < -0.4 is 10.1 Å². The van der Waals surface area contributed by atoms with E-state index in [1.165, 1.54) is 13.2 Å². The second-order valence-electron chi connectivity index (χ2n) is 5.49. The Hall–Kier alpha value is -2.57. The highest BCUT2D eigenvalue weighted by Gasteiger charge is 2.13. The van der Waals surface area contributed by atoms with Gasteiger partial charge in [-0.3, -0.25) is 14.4 Å². The molecule has 0 saturated heterocycles. The van der Waals surface area contributed by atoms with Crippen LogP contribution in [0.15, 0.2) is 42.5 Å². The molecule has 27 heavy (non-hydrogen) atoms. The first kappa shape index (κ1) is 20.7. The van der Waals surface area contributed by atoms with E-state index in [-0.39, 0.29) is 24.5 Å². The van der Waals surface area contributed by atoms with Gasteiger partial charge < -0.3 is 14.8 Å². The van der Waals surface area contributed by atoms with Crippen LogP contribution in [0.3, 0.4) is 0 Å². The van der Waals surface area contributed by atoms with Crippen LogP contribution >= 0.6 is 23.2 Å². The van der Waals surface area contributed by atoms with Gasteiger partial charge in [-0.05, 0) is 30.3 Å². The summed E-state index contributed by atoms with van der Waals surface area (Å²) in [7, 11) is 1.49. The zero-order valence-electron chi connectivity index (χ0n) is 14.5. The van der Waals surface area contributed by atoms with Crippen LogP contribution in [0, 0.1) is 0 Å². The summed E-state index contributed by atoms with van der Waals surface area (Å²) < 4.78 is 9.96. The van der Waals surface area contributed by atoms with Crippen molar-refractivity contribution in [3.63, 3.8) is 0 Å². The van der Waals surface area contributed by atoms with E-state index in [4.69, 9.17) is 32.7 Å². The van der Waals surface area contributed by atoms with Crippen LogP contribution in [0.1, 0.15) is 23.2 Å². The lowest BCUT2D eigenvalue weighted by Crippen LogP contribution is -2.17. The highest BCUT2D eigenvalue weighted by Crippen LogP contribution is 2.25. The van der Waals surface area contributed by atoms with Gasteiger partial charge in [0.25, 0.3) is 0 Å². The van der Waals surface area contributed by atoms with Gasteiger partial charge in [-0.1, -0.05) is 35.3 Å². The van der Waals surface area contributed by atoms with Crippen LogP contribution in [-0.2, 0) is 14.3 Å². The quantitative estimate of drug-likeness (QED) is 0.523. The zero-order valence-corrected chi connectivity index (χ0v) is 16.0. The third-order valence-electron chi connectivity index (χ3n) is 3.52. The Balaban J connectivity index is 1.75. The van der Waals surface area contributed by atoms with Gasteiger partial charge in [-0.25, -0.2) is 0 Å². The third kappa shape index (κ3) is 6.58. The summed E-state index contributed by atoms with van der Waals surface area (Å²) in [4.78, 5) is 35.6. The highest BCUT2D eigenvalue weighted by molar-refractivity contribution is 6.42. The topological polar surface area (TPSA) is 81.7 Å². The number of ether oxygens (including phenoxy) is 2. The Kier molecular flexibility index (Phi) is 7.64. The lowest BCUT2D eigenvalue weighted by molar-refractivity contribution is -0.143. The smallest absolute Gasteiger partial charge is 0.306 e. The molecule has 0 fully saturated rings. The second-order valence-corrected chi connectivity index (χ2v) is 6.31. The zero-order chi connectivity index (χ0) is 19.8. The van der Waals surface area contributed by atoms with E-state index in [9.17, 15) is 14.4 Å². The molecule has 1 amide bonds. The lowest BCUT2D eigenvalue weighted by atomic mass is 10.1. The molecular formula is C19H17Cl2NO5. The molecule has 0 aliphatic heterocycles. The summed E-state index contributed by atoms with van der Waals surface area (Å²) in [6, 6.07) is 11.2. The molecule has 0 heterocycles. The van der Waals surface area contributed by atoms with Gasteiger partial charge in [0.05, 0.1) is 23.6 Å². The fourth-order valence-corrected chi connectivity index (χ4v) is 2.41. The minimum Gasteiger partial charge on any atom is -0.497 e. The number of nitrogens with one attached hydrogen (secondary N) is 1. The van der Waals surface area contributed by atoms with Crippen LogP contribution in [0.25, 0.3) is 0 Å². The van der Waals surface area contributed by atoms with Crippen molar-refractivity contribution < 1.29 is 23.9 Å². The summed E-state index contributed by atoms with van der Waals surface area (Å²) in [5.41, 5.74) is 0.843. The van der Waals surface area contributed by atoms with E-state index in [1.807, 2.05) is 0 Å². The number of halogens is 2. The number of carbonyl (C=O) groups excluding carboxylic acids is 3.